The first-order valence-corrected chi connectivity index (χ1v) is 8.56. The van der Waals surface area contributed by atoms with Gasteiger partial charge in [0.1, 0.15) is 0 Å². The highest BCUT2D eigenvalue weighted by atomic mass is 79.9. The zero-order chi connectivity index (χ0) is 13.9. The summed E-state index contributed by atoms with van der Waals surface area (Å²) in [4.78, 5) is 0. The molecule has 4 heteroatoms. The van der Waals surface area contributed by atoms with Gasteiger partial charge in [0.05, 0.1) is 16.5 Å². The SMILES string of the molecule is CNC(CC1OCCc2ccccc21)c1csc(Br)c1. The fraction of sp³-hybridized carbons (Fsp3) is 0.375. The predicted octanol–water partition coefficient (Wildman–Crippen LogP) is 4.48. The molecule has 1 aliphatic rings. The maximum absolute atomic E-state index is 6.02. The van der Waals surface area contributed by atoms with Gasteiger partial charge in [-0.05, 0) is 64.0 Å². The molecular formula is C16H18BrNOS. The largest absolute Gasteiger partial charge is 0.373 e. The summed E-state index contributed by atoms with van der Waals surface area (Å²) in [5, 5.41) is 5.62. The highest BCUT2D eigenvalue weighted by molar-refractivity contribution is 9.11. The molecule has 2 unspecified atom stereocenters. The second kappa shape index (κ2) is 6.39. The van der Waals surface area contributed by atoms with Crippen molar-refractivity contribution in [3.8, 4) is 0 Å². The van der Waals surface area contributed by atoms with Crippen LogP contribution in [0.4, 0.5) is 0 Å². The molecule has 0 bridgehead atoms. The summed E-state index contributed by atoms with van der Waals surface area (Å²) in [5.41, 5.74) is 4.12. The normalized spacial score (nSPS) is 19.6. The molecule has 1 aromatic heterocycles. The molecule has 0 saturated carbocycles. The lowest BCUT2D eigenvalue weighted by Gasteiger charge is -2.29. The van der Waals surface area contributed by atoms with Gasteiger partial charge in [0.25, 0.3) is 0 Å². The molecule has 2 nitrogen and oxygen atoms in total. The minimum atomic E-state index is 0.191. The third-order valence-electron chi connectivity index (χ3n) is 3.88. The molecule has 0 fully saturated rings. The third kappa shape index (κ3) is 2.98. The van der Waals surface area contributed by atoms with Crippen LogP contribution in [0.15, 0.2) is 39.5 Å². The minimum absolute atomic E-state index is 0.191. The van der Waals surface area contributed by atoms with Crippen LogP contribution in [0.1, 0.15) is 35.3 Å². The first-order chi connectivity index (χ1) is 9.78. The summed E-state index contributed by atoms with van der Waals surface area (Å²) in [5.74, 6) is 0. The topological polar surface area (TPSA) is 21.3 Å². The van der Waals surface area contributed by atoms with Crippen LogP contribution in [-0.4, -0.2) is 13.7 Å². The van der Waals surface area contributed by atoms with Gasteiger partial charge in [0.2, 0.25) is 0 Å². The van der Waals surface area contributed by atoms with E-state index in [0.29, 0.717) is 6.04 Å². The Bertz CT molecular complexity index is 583. The minimum Gasteiger partial charge on any atom is -0.373 e. The van der Waals surface area contributed by atoms with Crippen molar-refractivity contribution < 1.29 is 4.74 Å². The van der Waals surface area contributed by atoms with Crippen LogP contribution >= 0.6 is 27.3 Å². The number of thiophene rings is 1. The monoisotopic (exact) mass is 351 g/mol. The van der Waals surface area contributed by atoms with E-state index in [1.165, 1.54) is 20.5 Å². The van der Waals surface area contributed by atoms with Crippen LogP contribution < -0.4 is 5.32 Å². The summed E-state index contributed by atoms with van der Waals surface area (Å²) in [7, 11) is 2.02. The van der Waals surface area contributed by atoms with Gasteiger partial charge in [0, 0.05) is 6.04 Å². The molecule has 0 amide bonds. The van der Waals surface area contributed by atoms with Gasteiger partial charge >= 0.3 is 0 Å². The Morgan fingerprint density at radius 1 is 1.45 bits per heavy atom. The van der Waals surface area contributed by atoms with E-state index >= 15 is 0 Å². The second-order valence-electron chi connectivity index (χ2n) is 5.07. The van der Waals surface area contributed by atoms with Crippen LogP contribution in [0, 0.1) is 0 Å². The van der Waals surface area contributed by atoms with Crippen LogP contribution in [0.25, 0.3) is 0 Å². The van der Waals surface area contributed by atoms with E-state index in [2.05, 4.69) is 57.0 Å². The van der Waals surface area contributed by atoms with Gasteiger partial charge in [-0.15, -0.1) is 11.3 Å². The summed E-state index contributed by atoms with van der Waals surface area (Å²) < 4.78 is 7.20. The standard InChI is InChI=1S/C16H18BrNOS/c1-18-14(12-8-16(17)20-10-12)9-15-13-5-3-2-4-11(13)6-7-19-15/h2-5,8,10,14-15,18H,6-7,9H2,1H3. The predicted molar refractivity (Wildman–Crippen MR) is 87.3 cm³/mol. The second-order valence-corrected chi connectivity index (χ2v) is 7.36. The lowest BCUT2D eigenvalue weighted by Crippen LogP contribution is -2.23. The van der Waals surface area contributed by atoms with Gasteiger partial charge < -0.3 is 10.1 Å². The average Bonchev–Trinajstić information content (AvgIpc) is 2.91. The molecule has 2 aromatic rings. The Balaban J connectivity index is 1.80. The van der Waals surface area contributed by atoms with E-state index in [1.807, 2.05) is 7.05 Å². The highest BCUT2D eigenvalue weighted by Crippen LogP contribution is 2.35. The van der Waals surface area contributed by atoms with Crippen molar-refractivity contribution in [1.82, 2.24) is 5.32 Å². The molecular weight excluding hydrogens is 334 g/mol. The Labute approximate surface area is 132 Å². The van der Waals surface area contributed by atoms with E-state index in [-0.39, 0.29) is 6.10 Å². The Hall–Kier alpha value is -0.680. The van der Waals surface area contributed by atoms with Gasteiger partial charge in [-0.25, -0.2) is 0 Å². The van der Waals surface area contributed by atoms with Crippen molar-refractivity contribution in [3.63, 3.8) is 0 Å². The van der Waals surface area contributed by atoms with Gasteiger partial charge in [0.15, 0.2) is 0 Å². The Kier molecular flexibility index (Phi) is 4.56. The van der Waals surface area contributed by atoms with E-state index in [0.717, 1.165) is 19.4 Å². The lowest BCUT2D eigenvalue weighted by molar-refractivity contribution is 0.0298. The number of ether oxygens (including phenoxy) is 1. The fourth-order valence-corrected chi connectivity index (χ4v) is 4.04. The molecule has 0 spiro atoms. The van der Waals surface area contributed by atoms with Crippen molar-refractivity contribution in [2.24, 2.45) is 0 Å². The highest BCUT2D eigenvalue weighted by Gasteiger charge is 2.24. The molecule has 1 aliphatic heterocycles. The maximum Gasteiger partial charge on any atom is 0.0845 e. The Morgan fingerprint density at radius 3 is 3.05 bits per heavy atom. The van der Waals surface area contributed by atoms with Crippen LogP contribution in [-0.2, 0) is 11.2 Å². The molecule has 1 N–H and O–H groups in total. The summed E-state index contributed by atoms with van der Waals surface area (Å²) >= 11 is 5.27. The molecule has 0 radical (unpaired) electrons. The fourth-order valence-electron chi connectivity index (χ4n) is 2.81. The van der Waals surface area contributed by atoms with Crippen molar-refractivity contribution in [2.45, 2.75) is 25.0 Å². The number of benzene rings is 1. The van der Waals surface area contributed by atoms with Crippen molar-refractivity contribution in [2.75, 3.05) is 13.7 Å². The number of rotatable bonds is 4. The van der Waals surface area contributed by atoms with Crippen molar-refractivity contribution in [3.05, 3.63) is 56.2 Å². The average molecular weight is 352 g/mol. The first kappa shape index (κ1) is 14.3. The summed E-state index contributed by atoms with van der Waals surface area (Å²) in [6, 6.07) is 11.2. The van der Waals surface area contributed by atoms with Gasteiger partial charge in [-0.3, -0.25) is 0 Å². The van der Waals surface area contributed by atoms with E-state index in [4.69, 9.17) is 4.74 Å². The van der Waals surface area contributed by atoms with Crippen molar-refractivity contribution in [1.29, 1.82) is 0 Å². The van der Waals surface area contributed by atoms with E-state index < -0.39 is 0 Å². The summed E-state index contributed by atoms with van der Waals surface area (Å²) in [6.07, 6.45) is 2.19. The molecule has 0 aliphatic carbocycles. The van der Waals surface area contributed by atoms with Gasteiger partial charge in [-0.1, -0.05) is 24.3 Å². The van der Waals surface area contributed by atoms with E-state index in [1.54, 1.807) is 11.3 Å². The van der Waals surface area contributed by atoms with E-state index in [9.17, 15) is 0 Å². The molecule has 20 heavy (non-hydrogen) atoms. The third-order valence-corrected chi connectivity index (χ3v) is 5.40. The van der Waals surface area contributed by atoms with Gasteiger partial charge in [-0.2, -0.15) is 0 Å². The number of halogens is 1. The maximum atomic E-state index is 6.02. The van der Waals surface area contributed by atoms with Crippen LogP contribution in [0.5, 0.6) is 0 Å². The molecule has 2 atom stereocenters. The number of hydrogen-bond acceptors (Lipinski definition) is 3. The van der Waals surface area contributed by atoms with Crippen LogP contribution in [0.2, 0.25) is 0 Å². The molecule has 1 aromatic carbocycles. The zero-order valence-corrected chi connectivity index (χ0v) is 13.8. The quantitative estimate of drug-likeness (QED) is 0.876. The number of fused-ring (bicyclic) bond motifs is 1. The molecule has 2 heterocycles. The smallest absolute Gasteiger partial charge is 0.0845 e. The number of nitrogens with one attached hydrogen (secondary N) is 1. The summed E-state index contributed by atoms with van der Waals surface area (Å²) in [6.45, 7) is 0.825. The molecule has 3 rings (SSSR count). The first-order valence-electron chi connectivity index (χ1n) is 6.88. The van der Waals surface area contributed by atoms with Crippen LogP contribution in [0.3, 0.4) is 0 Å². The molecule has 106 valence electrons. The zero-order valence-electron chi connectivity index (χ0n) is 11.4. The Morgan fingerprint density at radius 2 is 2.30 bits per heavy atom. The molecule has 0 saturated heterocycles. The number of hydrogen-bond donors (Lipinski definition) is 1. The lowest BCUT2D eigenvalue weighted by atomic mass is 9.92. The van der Waals surface area contributed by atoms with Crippen molar-refractivity contribution >= 4 is 27.3 Å².